The highest BCUT2D eigenvalue weighted by atomic mass is 16.5. The van der Waals surface area contributed by atoms with Crippen LogP contribution in [0.2, 0.25) is 0 Å². The zero-order valence-electron chi connectivity index (χ0n) is 13.9. The largest absolute Gasteiger partial charge is 0.497 e. The van der Waals surface area contributed by atoms with Gasteiger partial charge in [-0.05, 0) is 53.3 Å². The van der Waals surface area contributed by atoms with Gasteiger partial charge >= 0.3 is 0 Å². The molecule has 0 aromatic heterocycles. The topological polar surface area (TPSA) is 24.5 Å². The quantitative estimate of drug-likeness (QED) is 0.934. The molecule has 2 aromatic carbocycles. The molecule has 1 N–H and O–H groups in total. The maximum absolute atomic E-state index is 5.34. The molecule has 1 saturated carbocycles. The van der Waals surface area contributed by atoms with Crippen LogP contribution in [0.3, 0.4) is 0 Å². The predicted octanol–water partition coefficient (Wildman–Crippen LogP) is 3.59. The van der Waals surface area contributed by atoms with Gasteiger partial charge in [0.25, 0.3) is 0 Å². The third-order valence-electron chi connectivity index (χ3n) is 5.55. The number of fused-ring (bicyclic) bond motifs is 1. The van der Waals surface area contributed by atoms with Crippen molar-refractivity contribution in [2.24, 2.45) is 5.92 Å². The fourth-order valence-electron chi connectivity index (χ4n) is 4.05. The molecule has 2 aromatic rings. The smallest absolute Gasteiger partial charge is 0.119 e. The normalized spacial score (nSPS) is 21.1. The Morgan fingerprint density at radius 2 is 1.78 bits per heavy atom. The minimum atomic E-state index is 0.595. The molecule has 0 spiro atoms. The van der Waals surface area contributed by atoms with Crippen LogP contribution in [0.1, 0.15) is 30.9 Å². The Bertz CT molecular complexity index is 674. The molecule has 0 unspecified atom stereocenters. The van der Waals surface area contributed by atoms with Gasteiger partial charge in [-0.15, -0.1) is 0 Å². The van der Waals surface area contributed by atoms with Gasteiger partial charge in [-0.25, -0.2) is 0 Å². The molecule has 2 aliphatic rings. The van der Waals surface area contributed by atoms with Crippen molar-refractivity contribution in [3.8, 4) is 5.75 Å². The van der Waals surface area contributed by atoms with Crippen LogP contribution in [0.25, 0.3) is 10.8 Å². The van der Waals surface area contributed by atoms with Crippen molar-refractivity contribution >= 4 is 10.8 Å². The van der Waals surface area contributed by atoms with Crippen molar-refractivity contribution in [1.29, 1.82) is 0 Å². The molecule has 3 nitrogen and oxygen atoms in total. The minimum absolute atomic E-state index is 0.595. The van der Waals surface area contributed by atoms with Crippen molar-refractivity contribution in [3.63, 3.8) is 0 Å². The van der Waals surface area contributed by atoms with Crippen LogP contribution in [0.4, 0.5) is 0 Å². The second kappa shape index (κ2) is 6.50. The standard InChI is InChI=1S/C20H26N2O/c1-23-19-8-7-16-13-18(6-5-17(16)14-19)20(15-3-2-4-15)22-11-9-21-10-12-22/h5-8,13-15,20-21H,2-4,9-12H2,1H3/t20-/m0/s1. The second-order valence-corrected chi connectivity index (χ2v) is 6.89. The van der Waals surface area contributed by atoms with Gasteiger partial charge in [-0.3, -0.25) is 4.90 Å². The molecule has 23 heavy (non-hydrogen) atoms. The van der Waals surface area contributed by atoms with Crippen LogP contribution in [0, 0.1) is 5.92 Å². The number of nitrogens with zero attached hydrogens (tertiary/aromatic N) is 1. The highest BCUT2D eigenvalue weighted by Gasteiger charge is 2.33. The van der Waals surface area contributed by atoms with Crippen LogP contribution < -0.4 is 10.1 Å². The molecule has 0 bridgehead atoms. The lowest BCUT2D eigenvalue weighted by atomic mass is 9.76. The van der Waals surface area contributed by atoms with Crippen LogP contribution in [0.5, 0.6) is 5.75 Å². The number of hydrogen-bond acceptors (Lipinski definition) is 3. The number of hydrogen-bond donors (Lipinski definition) is 1. The van der Waals surface area contributed by atoms with Crippen molar-refractivity contribution in [2.45, 2.75) is 25.3 Å². The van der Waals surface area contributed by atoms with E-state index >= 15 is 0 Å². The summed E-state index contributed by atoms with van der Waals surface area (Å²) in [5.74, 6) is 1.77. The highest BCUT2D eigenvalue weighted by Crippen LogP contribution is 2.42. The Balaban J connectivity index is 1.68. The molecule has 4 rings (SSSR count). The van der Waals surface area contributed by atoms with E-state index in [2.05, 4.69) is 46.6 Å². The van der Waals surface area contributed by atoms with Gasteiger partial charge < -0.3 is 10.1 Å². The van der Waals surface area contributed by atoms with Crippen molar-refractivity contribution in [3.05, 3.63) is 42.0 Å². The molecule has 1 atom stereocenters. The van der Waals surface area contributed by atoms with Crippen molar-refractivity contribution in [2.75, 3.05) is 33.3 Å². The molecule has 1 saturated heterocycles. The van der Waals surface area contributed by atoms with Crippen LogP contribution in [-0.4, -0.2) is 38.2 Å². The van der Waals surface area contributed by atoms with Crippen molar-refractivity contribution < 1.29 is 4.74 Å². The maximum Gasteiger partial charge on any atom is 0.119 e. The van der Waals surface area contributed by atoms with Crippen molar-refractivity contribution in [1.82, 2.24) is 10.2 Å². The number of benzene rings is 2. The number of piperazine rings is 1. The van der Waals surface area contributed by atoms with Gasteiger partial charge in [0, 0.05) is 32.2 Å². The zero-order valence-corrected chi connectivity index (χ0v) is 13.9. The summed E-state index contributed by atoms with van der Waals surface area (Å²) in [6.07, 6.45) is 4.17. The fraction of sp³-hybridized carbons (Fsp3) is 0.500. The van der Waals surface area contributed by atoms with Gasteiger partial charge in [0.05, 0.1) is 7.11 Å². The van der Waals surface area contributed by atoms with Gasteiger partial charge in [0.2, 0.25) is 0 Å². The third kappa shape index (κ3) is 2.96. The summed E-state index contributed by atoms with van der Waals surface area (Å²) in [4.78, 5) is 2.70. The van der Waals surface area contributed by atoms with E-state index in [4.69, 9.17) is 4.74 Å². The van der Waals surface area contributed by atoms with Gasteiger partial charge in [-0.2, -0.15) is 0 Å². The van der Waals surface area contributed by atoms with Gasteiger partial charge in [0.1, 0.15) is 5.75 Å². The molecule has 0 radical (unpaired) electrons. The summed E-state index contributed by atoms with van der Waals surface area (Å²) in [5, 5.41) is 6.07. The number of nitrogens with one attached hydrogen (secondary N) is 1. The molecule has 122 valence electrons. The monoisotopic (exact) mass is 310 g/mol. The minimum Gasteiger partial charge on any atom is -0.497 e. The van der Waals surface area contributed by atoms with Crippen LogP contribution in [0.15, 0.2) is 36.4 Å². The summed E-state index contributed by atoms with van der Waals surface area (Å²) in [6, 6.07) is 14.0. The summed E-state index contributed by atoms with van der Waals surface area (Å²) < 4.78 is 5.34. The van der Waals surface area contributed by atoms with E-state index in [0.29, 0.717) is 6.04 Å². The van der Waals surface area contributed by atoms with E-state index in [-0.39, 0.29) is 0 Å². The summed E-state index contributed by atoms with van der Waals surface area (Å²) >= 11 is 0. The Morgan fingerprint density at radius 3 is 2.48 bits per heavy atom. The molecule has 1 aliphatic carbocycles. The molecule has 1 aliphatic heterocycles. The van der Waals surface area contributed by atoms with E-state index in [0.717, 1.165) is 24.8 Å². The summed E-state index contributed by atoms with van der Waals surface area (Å²) in [6.45, 7) is 4.58. The lowest BCUT2D eigenvalue weighted by molar-refractivity contribution is 0.0838. The molecule has 0 amide bonds. The Morgan fingerprint density at radius 1 is 1.04 bits per heavy atom. The average molecular weight is 310 g/mol. The summed E-state index contributed by atoms with van der Waals surface area (Å²) in [5.41, 5.74) is 1.49. The molecule has 1 heterocycles. The SMILES string of the molecule is COc1ccc2cc([C@H](C3CCC3)N3CCNCC3)ccc2c1. The fourth-order valence-corrected chi connectivity index (χ4v) is 4.05. The first-order valence-corrected chi connectivity index (χ1v) is 8.87. The van der Waals surface area contributed by atoms with E-state index in [1.54, 1.807) is 7.11 Å². The van der Waals surface area contributed by atoms with Crippen LogP contribution >= 0.6 is 0 Å². The number of ether oxygens (including phenoxy) is 1. The first kappa shape index (κ1) is 15.0. The Hall–Kier alpha value is -1.58. The molecule has 2 fully saturated rings. The Labute approximate surface area is 138 Å². The first-order chi connectivity index (χ1) is 11.3. The van der Waals surface area contributed by atoms with E-state index < -0.39 is 0 Å². The van der Waals surface area contributed by atoms with E-state index in [1.165, 1.54) is 48.7 Å². The maximum atomic E-state index is 5.34. The lowest BCUT2D eigenvalue weighted by Crippen LogP contribution is -2.47. The van der Waals surface area contributed by atoms with Gasteiger partial charge in [-0.1, -0.05) is 24.6 Å². The number of methoxy groups -OCH3 is 1. The van der Waals surface area contributed by atoms with E-state index in [1.807, 2.05) is 0 Å². The van der Waals surface area contributed by atoms with Gasteiger partial charge in [0.15, 0.2) is 0 Å². The lowest BCUT2D eigenvalue weighted by Gasteiger charge is -2.43. The average Bonchev–Trinajstić information content (AvgIpc) is 2.57. The predicted molar refractivity (Wildman–Crippen MR) is 95.0 cm³/mol. The highest BCUT2D eigenvalue weighted by molar-refractivity contribution is 5.84. The summed E-state index contributed by atoms with van der Waals surface area (Å²) in [7, 11) is 1.73. The number of rotatable bonds is 4. The molecular formula is C20H26N2O. The zero-order chi connectivity index (χ0) is 15.6. The molecular weight excluding hydrogens is 284 g/mol. The molecule has 3 heteroatoms. The van der Waals surface area contributed by atoms with E-state index in [9.17, 15) is 0 Å². The first-order valence-electron chi connectivity index (χ1n) is 8.87. The Kier molecular flexibility index (Phi) is 4.23. The third-order valence-corrected chi connectivity index (χ3v) is 5.55. The van der Waals surface area contributed by atoms with Crippen LogP contribution in [-0.2, 0) is 0 Å². The second-order valence-electron chi connectivity index (χ2n) is 6.89.